The predicted octanol–water partition coefficient (Wildman–Crippen LogP) is 0.803. The molecule has 0 fully saturated rings. The highest BCUT2D eigenvalue weighted by Crippen LogP contribution is 1.99. The molecule has 0 atom stereocenters. The molecule has 1 aromatic carbocycles. The summed E-state index contributed by atoms with van der Waals surface area (Å²) >= 11 is 0. The minimum Gasteiger partial charge on any atom is -0.365 e. The summed E-state index contributed by atoms with van der Waals surface area (Å²) in [7, 11) is 0. The van der Waals surface area contributed by atoms with Gasteiger partial charge in [0.15, 0.2) is 0 Å². The highest BCUT2D eigenvalue weighted by molar-refractivity contribution is 5.78. The van der Waals surface area contributed by atoms with Gasteiger partial charge in [0, 0.05) is 6.21 Å². The molecule has 2 rings (SSSR count). The van der Waals surface area contributed by atoms with E-state index >= 15 is 0 Å². The molecule has 0 saturated heterocycles. The number of allylic oxidation sites excluding steroid dienone is 1. The first-order valence-electron chi connectivity index (χ1n) is 4.66. The Bertz CT molecular complexity index is 499. The summed E-state index contributed by atoms with van der Waals surface area (Å²) in [5.74, 6) is 0.157. The Kier molecular flexibility index (Phi) is 3.03. The number of tetrazole rings is 1. The molecule has 0 bridgehead atoms. The van der Waals surface area contributed by atoms with Crippen molar-refractivity contribution in [3.8, 4) is 0 Å². The van der Waals surface area contributed by atoms with E-state index in [2.05, 4.69) is 20.6 Å². The van der Waals surface area contributed by atoms with Gasteiger partial charge < -0.3 is 5.73 Å². The molecule has 0 aliphatic carbocycles. The van der Waals surface area contributed by atoms with Crippen molar-refractivity contribution >= 4 is 18.2 Å². The van der Waals surface area contributed by atoms with Crippen LogP contribution in [-0.4, -0.2) is 26.5 Å². The van der Waals surface area contributed by atoms with E-state index in [9.17, 15) is 0 Å². The number of hydrogen-bond donors (Lipinski definition) is 1. The summed E-state index contributed by atoms with van der Waals surface area (Å²) < 4.78 is 0. The fourth-order valence-electron chi connectivity index (χ4n) is 1.09. The molecule has 2 aromatic rings. The predicted molar refractivity (Wildman–Crippen MR) is 61.6 cm³/mol. The molecule has 0 aliphatic heterocycles. The molecule has 0 unspecified atom stereocenters. The molecule has 1 heterocycles. The van der Waals surface area contributed by atoms with Crippen molar-refractivity contribution in [1.29, 1.82) is 0 Å². The molecule has 2 N–H and O–H groups in total. The van der Waals surface area contributed by atoms with Crippen LogP contribution in [0.1, 0.15) is 5.56 Å². The van der Waals surface area contributed by atoms with Gasteiger partial charge in [0.1, 0.15) is 0 Å². The average Bonchev–Trinajstić information content (AvgIpc) is 2.72. The van der Waals surface area contributed by atoms with Gasteiger partial charge in [-0.25, -0.2) is 0 Å². The normalized spacial score (nSPS) is 11.5. The third kappa shape index (κ3) is 2.50. The van der Waals surface area contributed by atoms with E-state index in [1.807, 2.05) is 36.4 Å². The fourth-order valence-corrected chi connectivity index (χ4v) is 1.09. The summed E-state index contributed by atoms with van der Waals surface area (Å²) in [6.45, 7) is 0. The topological polar surface area (TPSA) is 82.0 Å². The first-order chi connectivity index (χ1) is 7.86. The number of aromatic nitrogens is 4. The Hall–Kier alpha value is -2.50. The van der Waals surface area contributed by atoms with Gasteiger partial charge >= 0.3 is 0 Å². The van der Waals surface area contributed by atoms with Gasteiger partial charge in [-0.05, 0) is 22.1 Å². The average molecular weight is 214 g/mol. The number of rotatable bonds is 3. The van der Waals surface area contributed by atoms with E-state index in [-0.39, 0.29) is 5.95 Å². The fraction of sp³-hybridized carbons (Fsp3) is 0. The second-order valence-corrected chi connectivity index (χ2v) is 2.96. The maximum atomic E-state index is 5.42. The first-order valence-corrected chi connectivity index (χ1v) is 4.66. The van der Waals surface area contributed by atoms with Gasteiger partial charge in [-0.1, -0.05) is 46.3 Å². The zero-order valence-corrected chi connectivity index (χ0v) is 8.43. The lowest BCUT2D eigenvalue weighted by Gasteiger charge is -1.89. The Labute approximate surface area is 92.1 Å². The summed E-state index contributed by atoms with van der Waals surface area (Å²) in [5.41, 5.74) is 6.52. The van der Waals surface area contributed by atoms with Crippen LogP contribution in [0.25, 0.3) is 6.08 Å². The number of anilines is 1. The maximum Gasteiger partial charge on any atom is 0.263 e. The Balaban J connectivity index is 2.00. The molecule has 0 spiro atoms. The number of nitrogens with two attached hydrogens (primary N) is 1. The quantitative estimate of drug-likeness (QED) is 0.766. The van der Waals surface area contributed by atoms with E-state index in [1.165, 1.54) is 0 Å². The van der Waals surface area contributed by atoms with Crippen LogP contribution >= 0.6 is 0 Å². The summed E-state index contributed by atoms with van der Waals surface area (Å²) in [6, 6.07) is 9.89. The van der Waals surface area contributed by atoms with Crippen LogP contribution in [0.4, 0.5) is 5.95 Å². The molecule has 0 aliphatic rings. The van der Waals surface area contributed by atoms with E-state index < -0.39 is 0 Å². The van der Waals surface area contributed by atoms with Crippen LogP contribution in [0.2, 0.25) is 0 Å². The second kappa shape index (κ2) is 4.83. The Morgan fingerprint density at radius 2 is 2.06 bits per heavy atom. The first kappa shape index (κ1) is 10.0. The van der Waals surface area contributed by atoms with E-state index in [4.69, 9.17) is 5.73 Å². The highest BCUT2D eigenvalue weighted by Gasteiger charge is 1.94. The maximum absolute atomic E-state index is 5.42. The minimum absolute atomic E-state index is 0.157. The van der Waals surface area contributed by atoms with Crippen molar-refractivity contribution in [2.75, 3.05) is 5.73 Å². The van der Waals surface area contributed by atoms with Crippen LogP contribution in [0.3, 0.4) is 0 Å². The van der Waals surface area contributed by atoms with Crippen molar-refractivity contribution in [1.82, 2.24) is 20.3 Å². The molecule has 6 nitrogen and oxygen atoms in total. The van der Waals surface area contributed by atoms with E-state index in [1.54, 1.807) is 12.3 Å². The molecule has 16 heavy (non-hydrogen) atoms. The number of nitrogens with zero attached hydrogens (tertiary/aromatic N) is 5. The highest BCUT2D eigenvalue weighted by atomic mass is 15.7. The van der Waals surface area contributed by atoms with E-state index in [0.717, 1.165) is 10.4 Å². The molecule has 80 valence electrons. The smallest absolute Gasteiger partial charge is 0.263 e. The molecular formula is C10H10N6. The lowest BCUT2D eigenvalue weighted by Crippen LogP contribution is -1.98. The van der Waals surface area contributed by atoms with Crippen LogP contribution in [-0.2, 0) is 0 Å². The SMILES string of the molecule is Nc1nnnn1N=C/C=C/c1ccccc1. The van der Waals surface area contributed by atoms with Crippen molar-refractivity contribution in [2.45, 2.75) is 0 Å². The van der Waals surface area contributed by atoms with Gasteiger partial charge in [0.25, 0.3) is 5.95 Å². The van der Waals surface area contributed by atoms with Gasteiger partial charge in [0.05, 0.1) is 0 Å². The van der Waals surface area contributed by atoms with Crippen molar-refractivity contribution < 1.29 is 0 Å². The van der Waals surface area contributed by atoms with Crippen LogP contribution in [0.15, 0.2) is 41.5 Å². The Morgan fingerprint density at radius 3 is 2.75 bits per heavy atom. The lowest BCUT2D eigenvalue weighted by molar-refractivity contribution is 0.700. The van der Waals surface area contributed by atoms with Crippen LogP contribution in [0, 0.1) is 0 Å². The zero-order valence-electron chi connectivity index (χ0n) is 8.43. The number of nitrogen functional groups attached to an aromatic ring is 1. The summed E-state index contributed by atoms with van der Waals surface area (Å²) in [6.07, 6.45) is 5.28. The molecule has 0 radical (unpaired) electrons. The molecule has 0 amide bonds. The largest absolute Gasteiger partial charge is 0.365 e. The molecule has 6 heteroatoms. The summed E-state index contributed by atoms with van der Waals surface area (Å²) in [4.78, 5) is 1.15. The van der Waals surface area contributed by atoms with Gasteiger partial charge in [-0.3, -0.25) is 0 Å². The minimum atomic E-state index is 0.157. The molecular weight excluding hydrogens is 204 g/mol. The standard InChI is InChI=1S/C10H10N6/c11-10-13-14-15-16(10)12-8-4-7-9-5-2-1-3-6-9/h1-8H,(H2,11,13,15)/b7-4+,12-8?. The number of hydrogen-bond acceptors (Lipinski definition) is 5. The second-order valence-electron chi connectivity index (χ2n) is 2.96. The number of benzene rings is 1. The monoisotopic (exact) mass is 214 g/mol. The summed E-state index contributed by atoms with van der Waals surface area (Å²) in [5, 5.41) is 14.3. The van der Waals surface area contributed by atoms with Crippen LogP contribution in [0.5, 0.6) is 0 Å². The molecule has 0 saturated carbocycles. The molecule has 1 aromatic heterocycles. The van der Waals surface area contributed by atoms with Crippen molar-refractivity contribution in [2.24, 2.45) is 5.10 Å². The van der Waals surface area contributed by atoms with E-state index in [0.29, 0.717) is 0 Å². The van der Waals surface area contributed by atoms with Gasteiger partial charge in [-0.2, -0.15) is 5.10 Å². The van der Waals surface area contributed by atoms with Crippen molar-refractivity contribution in [3.05, 3.63) is 42.0 Å². The third-order valence-corrected chi connectivity index (χ3v) is 1.83. The van der Waals surface area contributed by atoms with Crippen molar-refractivity contribution in [3.63, 3.8) is 0 Å². The Morgan fingerprint density at radius 1 is 1.25 bits per heavy atom. The van der Waals surface area contributed by atoms with Gasteiger partial charge in [-0.15, -0.1) is 0 Å². The zero-order chi connectivity index (χ0) is 11.2. The lowest BCUT2D eigenvalue weighted by atomic mass is 10.2. The van der Waals surface area contributed by atoms with Gasteiger partial charge in [0.2, 0.25) is 0 Å². The van der Waals surface area contributed by atoms with Crippen LogP contribution < -0.4 is 5.73 Å². The third-order valence-electron chi connectivity index (χ3n) is 1.83.